The van der Waals surface area contributed by atoms with E-state index in [1.165, 1.54) is 0 Å². The molecule has 0 aromatic heterocycles. The fraction of sp³-hybridized carbons (Fsp3) is 0.318. The van der Waals surface area contributed by atoms with Crippen molar-refractivity contribution in [2.75, 3.05) is 6.54 Å². The number of esters is 1. The van der Waals surface area contributed by atoms with Crippen LogP contribution in [0.3, 0.4) is 0 Å². The number of aryl methyl sites for hydroxylation is 1. The van der Waals surface area contributed by atoms with Crippen molar-refractivity contribution in [2.24, 2.45) is 0 Å². The molecule has 5 heteroatoms. The van der Waals surface area contributed by atoms with E-state index in [1.807, 2.05) is 19.1 Å². The molecule has 0 aliphatic carbocycles. The summed E-state index contributed by atoms with van der Waals surface area (Å²) in [5.74, 6) is -0.690. The number of carbonyl (C=O) groups excluding carboxylic acids is 3. The lowest BCUT2D eigenvalue weighted by molar-refractivity contribution is -0.134. The average molecular weight is 365 g/mol. The van der Waals surface area contributed by atoms with Gasteiger partial charge in [-0.25, -0.2) is 0 Å². The van der Waals surface area contributed by atoms with Gasteiger partial charge in [-0.15, -0.1) is 0 Å². The quantitative estimate of drug-likeness (QED) is 0.468. The number of carbonyl (C=O) groups is 3. The van der Waals surface area contributed by atoms with Crippen LogP contribution >= 0.6 is 0 Å². The van der Waals surface area contributed by atoms with Crippen molar-refractivity contribution in [1.29, 1.82) is 0 Å². The standard InChI is InChI=1S/C22H23NO4/c1-14-9-10-18(17(13-14)22(2,3)4)27-19(24)11-12-23-20(25)15-7-5-6-8-16(15)21(23)26/h5-10,13H,11-12H2,1-4H3. The van der Waals surface area contributed by atoms with E-state index in [0.29, 0.717) is 16.9 Å². The van der Waals surface area contributed by atoms with Gasteiger partial charge in [-0.3, -0.25) is 19.3 Å². The molecule has 2 aromatic rings. The fourth-order valence-electron chi connectivity index (χ4n) is 3.14. The van der Waals surface area contributed by atoms with Gasteiger partial charge in [-0.2, -0.15) is 0 Å². The summed E-state index contributed by atoms with van der Waals surface area (Å²) in [6.45, 7) is 8.15. The number of fused-ring (bicyclic) bond motifs is 1. The summed E-state index contributed by atoms with van der Waals surface area (Å²) in [5.41, 5.74) is 2.61. The van der Waals surface area contributed by atoms with Gasteiger partial charge in [0.05, 0.1) is 17.5 Å². The predicted molar refractivity (Wildman–Crippen MR) is 102 cm³/mol. The van der Waals surface area contributed by atoms with Crippen molar-refractivity contribution in [3.05, 3.63) is 64.7 Å². The van der Waals surface area contributed by atoms with Gasteiger partial charge in [0.25, 0.3) is 11.8 Å². The molecule has 3 rings (SSSR count). The molecule has 5 nitrogen and oxygen atoms in total. The second kappa shape index (κ2) is 6.99. The zero-order valence-electron chi connectivity index (χ0n) is 16.0. The van der Waals surface area contributed by atoms with Crippen molar-refractivity contribution in [3.63, 3.8) is 0 Å². The highest BCUT2D eigenvalue weighted by atomic mass is 16.5. The SMILES string of the molecule is Cc1ccc(OC(=O)CCN2C(=O)c3ccccc3C2=O)c(C(C)(C)C)c1. The molecule has 1 aliphatic rings. The molecule has 1 heterocycles. The number of hydrogen-bond acceptors (Lipinski definition) is 4. The molecule has 0 unspecified atom stereocenters. The monoisotopic (exact) mass is 365 g/mol. The Morgan fingerprint density at radius 2 is 1.59 bits per heavy atom. The number of hydrogen-bond donors (Lipinski definition) is 0. The first-order valence-corrected chi connectivity index (χ1v) is 8.95. The molecule has 0 spiro atoms. The zero-order chi connectivity index (χ0) is 19.8. The van der Waals surface area contributed by atoms with Gasteiger partial charge < -0.3 is 4.74 Å². The highest BCUT2D eigenvalue weighted by Gasteiger charge is 2.35. The van der Waals surface area contributed by atoms with Crippen LogP contribution in [-0.4, -0.2) is 29.2 Å². The number of ether oxygens (including phenoxy) is 1. The van der Waals surface area contributed by atoms with E-state index in [9.17, 15) is 14.4 Å². The molecule has 0 fully saturated rings. The molecule has 0 bridgehead atoms. The summed E-state index contributed by atoms with van der Waals surface area (Å²) in [6, 6.07) is 12.4. The number of nitrogens with zero attached hydrogens (tertiary/aromatic N) is 1. The summed E-state index contributed by atoms with van der Waals surface area (Å²) in [6.07, 6.45) is -0.0527. The Bertz CT molecular complexity index is 889. The first kappa shape index (κ1) is 18.8. The molecule has 0 atom stereocenters. The van der Waals surface area contributed by atoms with E-state index in [2.05, 4.69) is 20.8 Å². The maximum atomic E-state index is 12.4. The summed E-state index contributed by atoms with van der Waals surface area (Å²) in [7, 11) is 0. The van der Waals surface area contributed by atoms with E-state index in [1.54, 1.807) is 30.3 Å². The van der Waals surface area contributed by atoms with E-state index < -0.39 is 5.97 Å². The van der Waals surface area contributed by atoms with Gasteiger partial charge in [-0.05, 0) is 30.5 Å². The van der Waals surface area contributed by atoms with Gasteiger partial charge in [0.2, 0.25) is 0 Å². The second-order valence-corrected chi connectivity index (χ2v) is 7.78. The van der Waals surface area contributed by atoms with Crippen LogP contribution in [0.2, 0.25) is 0 Å². The van der Waals surface area contributed by atoms with Crippen LogP contribution in [0.4, 0.5) is 0 Å². The molecule has 0 radical (unpaired) electrons. The largest absolute Gasteiger partial charge is 0.426 e. The summed E-state index contributed by atoms with van der Waals surface area (Å²) in [4.78, 5) is 38.2. The zero-order valence-corrected chi connectivity index (χ0v) is 16.0. The average Bonchev–Trinajstić information content (AvgIpc) is 2.85. The van der Waals surface area contributed by atoms with Gasteiger partial charge in [0.15, 0.2) is 0 Å². The van der Waals surface area contributed by atoms with Crippen molar-refractivity contribution < 1.29 is 19.1 Å². The smallest absolute Gasteiger partial charge is 0.313 e. The van der Waals surface area contributed by atoms with E-state index in [0.717, 1.165) is 16.0 Å². The third-order valence-corrected chi connectivity index (χ3v) is 4.58. The Kier molecular flexibility index (Phi) is 4.87. The maximum Gasteiger partial charge on any atom is 0.313 e. The molecule has 0 saturated carbocycles. The highest BCUT2D eigenvalue weighted by Crippen LogP contribution is 2.32. The van der Waals surface area contributed by atoms with E-state index >= 15 is 0 Å². The highest BCUT2D eigenvalue weighted by molar-refractivity contribution is 6.21. The molecule has 0 saturated heterocycles. The Morgan fingerprint density at radius 1 is 1.00 bits per heavy atom. The van der Waals surface area contributed by atoms with Crippen LogP contribution in [0, 0.1) is 6.92 Å². The minimum absolute atomic E-state index is 0.00188. The number of imide groups is 1. The Labute approximate surface area is 158 Å². The third kappa shape index (κ3) is 3.77. The van der Waals surface area contributed by atoms with Crippen molar-refractivity contribution in [1.82, 2.24) is 4.90 Å². The van der Waals surface area contributed by atoms with Crippen molar-refractivity contribution in [3.8, 4) is 5.75 Å². The van der Waals surface area contributed by atoms with E-state index in [4.69, 9.17) is 4.74 Å². The molecule has 27 heavy (non-hydrogen) atoms. The molecule has 0 N–H and O–H groups in total. The second-order valence-electron chi connectivity index (χ2n) is 7.78. The van der Waals surface area contributed by atoms with Gasteiger partial charge in [0.1, 0.15) is 5.75 Å². The van der Waals surface area contributed by atoms with Crippen LogP contribution in [0.25, 0.3) is 0 Å². The van der Waals surface area contributed by atoms with Crippen molar-refractivity contribution >= 4 is 17.8 Å². The molecular weight excluding hydrogens is 342 g/mol. The van der Waals surface area contributed by atoms with E-state index in [-0.39, 0.29) is 30.2 Å². The summed E-state index contributed by atoms with van der Waals surface area (Å²) in [5, 5.41) is 0. The molecule has 2 aromatic carbocycles. The molecule has 1 aliphatic heterocycles. The van der Waals surface area contributed by atoms with Crippen molar-refractivity contribution in [2.45, 2.75) is 39.5 Å². The minimum Gasteiger partial charge on any atom is -0.426 e. The minimum atomic E-state index is -0.471. The fourth-order valence-corrected chi connectivity index (χ4v) is 3.14. The predicted octanol–water partition coefficient (Wildman–Crippen LogP) is 3.88. The topological polar surface area (TPSA) is 63.7 Å². The normalized spacial score (nSPS) is 13.7. The Morgan fingerprint density at radius 3 is 2.15 bits per heavy atom. The number of rotatable bonds is 4. The third-order valence-electron chi connectivity index (χ3n) is 4.58. The van der Waals surface area contributed by atoms with Gasteiger partial charge >= 0.3 is 5.97 Å². The van der Waals surface area contributed by atoms with Crippen LogP contribution in [0.1, 0.15) is 59.0 Å². The Hall–Kier alpha value is -2.95. The van der Waals surface area contributed by atoms with Crippen LogP contribution in [0.15, 0.2) is 42.5 Å². The molecule has 2 amide bonds. The van der Waals surface area contributed by atoms with Crippen LogP contribution < -0.4 is 4.74 Å². The first-order chi connectivity index (χ1) is 12.7. The lowest BCUT2D eigenvalue weighted by Gasteiger charge is -2.23. The number of amides is 2. The Balaban J connectivity index is 1.68. The van der Waals surface area contributed by atoms with Crippen LogP contribution in [0.5, 0.6) is 5.75 Å². The van der Waals surface area contributed by atoms with Gasteiger partial charge in [0, 0.05) is 12.1 Å². The molecular formula is C22H23NO4. The molecule has 140 valence electrons. The summed E-state index contributed by atoms with van der Waals surface area (Å²) < 4.78 is 5.55. The first-order valence-electron chi connectivity index (χ1n) is 8.95. The maximum absolute atomic E-state index is 12.4. The van der Waals surface area contributed by atoms with Crippen LogP contribution in [-0.2, 0) is 10.2 Å². The number of benzene rings is 2. The lowest BCUT2D eigenvalue weighted by Crippen LogP contribution is -2.32. The lowest BCUT2D eigenvalue weighted by atomic mass is 9.85. The summed E-state index contributed by atoms with van der Waals surface area (Å²) >= 11 is 0. The van der Waals surface area contributed by atoms with Gasteiger partial charge in [-0.1, -0.05) is 50.6 Å².